The molecule has 2 aromatic carbocycles. The van der Waals surface area contributed by atoms with Crippen LogP contribution in [0.1, 0.15) is 5.56 Å². The van der Waals surface area contributed by atoms with Crippen molar-refractivity contribution in [2.75, 3.05) is 5.73 Å². The lowest BCUT2D eigenvalue weighted by Gasteiger charge is -1.95. The van der Waals surface area contributed by atoms with E-state index in [1.807, 2.05) is 36.4 Å². The van der Waals surface area contributed by atoms with Gasteiger partial charge in [-0.1, -0.05) is 6.07 Å². The minimum Gasteiger partial charge on any atom is -0.494 e. The standard InChI is InChI=1S/C15H11N5O/c16-9-2-4-12-10(7-9)11(15(21)17-12)5-8-1-3-13-14(6-8)19-20-18-13/h1-7,17,21H,16H2. The van der Waals surface area contributed by atoms with Crippen LogP contribution >= 0.6 is 0 Å². The van der Waals surface area contributed by atoms with Gasteiger partial charge in [0, 0.05) is 22.2 Å². The van der Waals surface area contributed by atoms with E-state index in [0.29, 0.717) is 11.3 Å². The Balaban J connectivity index is 1.97. The molecular weight excluding hydrogens is 266 g/mol. The number of hydrogen-bond donors (Lipinski definition) is 3. The zero-order valence-corrected chi connectivity index (χ0v) is 10.9. The summed E-state index contributed by atoms with van der Waals surface area (Å²) in [5.74, 6) is 0.113. The van der Waals surface area contributed by atoms with Gasteiger partial charge in [-0.2, -0.15) is 0 Å². The number of aromatic nitrogens is 1. The average molecular weight is 277 g/mol. The number of hydrogen-bond acceptors (Lipinski definition) is 5. The van der Waals surface area contributed by atoms with E-state index in [2.05, 4.69) is 20.4 Å². The van der Waals surface area contributed by atoms with E-state index in [-0.39, 0.29) is 5.88 Å². The molecule has 6 heteroatoms. The van der Waals surface area contributed by atoms with Gasteiger partial charge in [0.2, 0.25) is 0 Å². The van der Waals surface area contributed by atoms with E-state index in [0.717, 1.165) is 27.2 Å². The largest absolute Gasteiger partial charge is 0.494 e. The Hall–Kier alpha value is -3.15. The number of aromatic hydroxyl groups is 1. The first-order chi connectivity index (χ1) is 10.2. The third-order valence-electron chi connectivity index (χ3n) is 3.46. The average Bonchev–Trinajstić information content (AvgIpc) is 3.04. The number of anilines is 1. The highest BCUT2D eigenvalue weighted by Gasteiger charge is 2.09. The van der Waals surface area contributed by atoms with Crippen molar-refractivity contribution in [2.24, 2.45) is 15.4 Å². The van der Waals surface area contributed by atoms with Crippen molar-refractivity contribution in [1.29, 1.82) is 0 Å². The van der Waals surface area contributed by atoms with Crippen molar-refractivity contribution >= 4 is 28.4 Å². The molecule has 0 amide bonds. The summed E-state index contributed by atoms with van der Waals surface area (Å²) in [6.45, 7) is 0. The number of benzene rings is 2. The maximum absolute atomic E-state index is 10.1. The molecule has 21 heavy (non-hydrogen) atoms. The van der Waals surface area contributed by atoms with Crippen molar-refractivity contribution in [3.63, 3.8) is 0 Å². The number of aromatic amines is 1. The SMILES string of the molecule is Nc1ccc2[nH]c(O)c(C=c3ccc4c(c3)N=NN=4)c2c1. The van der Waals surface area contributed by atoms with Crippen LogP contribution < -0.4 is 16.3 Å². The molecule has 3 aromatic rings. The summed E-state index contributed by atoms with van der Waals surface area (Å²) in [7, 11) is 0. The van der Waals surface area contributed by atoms with Crippen LogP contribution in [-0.4, -0.2) is 10.1 Å². The molecule has 1 aliphatic rings. The van der Waals surface area contributed by atoms with E-state index < -0.39 is 0 Å². The number of nitrogens with one attached hydrogen (secondary N) is 1. The topological polar surface area (TPSA) is 99.1 Å². The second-order valence-corrected chi connectivity index (χ2v) is 4.87. The van der Waals surface area contributed by atoms with Crippen molar-refractivity contribution in [3.8, 4) is 5.88 Å². The van der Waals surface area contributed by atoms with Crippen LogP contribution in [-0.2, 0) is 0 Å². The van der Waals surface area contributed by atoms with Crippen molar-refractivity contribution in [3.05, 3.63) is 52.5 Å². The Kier molecular flexibility index (Phi) is 2.32. The molecule has 1 aromatic heterocycles. The fourth-order valence-electron chi connectivity index (χ4n) is 2.44. The molecule has 0 atom stereocenters. The van der Waals surface area contributed by atoms with Gasteiger partial charge in [-0.25, -0.2) is 0 Å². The molecule has 0 saturated carbocycles. The van der Waals surface area contributed by atoms with Crippen molar-refractivity contribution in [1.82, 2.24) is 4.98 Å². The Bertz CT molecular complexity index is 1020. The highest BCUT2D eigenvalue weighted by molar-refractivity contribution is 5.93. The van der Waals surface area contributed by atoms with Gasteiger partial charge in [-0.15, -0.1) is 10.2 Å². The molecule has 102 valence electrons. The quantitative estimate of drug-likeness (QED) is 0.592. The van der Waals surface area contributed by atoms with Crippen LogP contribution in [0.25, 0.3) is 17.0 Å². The zero-order valence-electron chi connectivity index (χ0n) is 10.9. The first kappa shape index (κ1) is 11.7. The highest BCUT2D eigenvalue weighted by atomic mass is 16.3. The molecule has 0 fully saturated rings. The van der Waals surface area contributed by atoms with Gasteiger partial charge in [0.25, 0.3) is 0 Å². The zero-order chi connectivity index (χ0) is 14.4. The number of H-pyrrole nitrogens is 1. The highest BCUT2D eigenvalue weighted by Crippen LogP contribution is 2.29. The predicted molar refractivity (Wildman–Crippen MR) is 79.7 cm³/mol. The third kappa shape index (κ3) is 1.85. The first-order valence-electron chi connectivity index (χ1n) is 6.41. The Morgan fingerprint density at radius 3 is 2.95 bits per heavy atom. The van der Waals surface area contributed by atoms with Crippen molar-refractivity contribution in [2.45, 2.75) is 0 Å². The van der Waals surface area contributed by atoms with E-state index in [9.17, 15) is 5.11 Å². The summed E-state index contributed by atoms with van der Waals surface area (Å²) < 4.78 is 0. The summed E-state index contributed by atoms with van der Waals surface area (Å²) >= 11 is 0. The van der Waals surface area contributed by atoms with E-state index in [1.54, 1.807) is 6.07 Å². The minimum atomic E-state index is 0.113. The van der Waals surface area contributed by atoms with E-state index in [1.165, 1.54) is 0 Å². The molecule has 4 N–H and O–H groups in total. The first-order valence-corrected chi connectivity index (χ1v) is 6.41. The fraction of sp³-hybridized carbons (Fsp3) is 0. The lowest BCUT2D eigenvalue weighted by atomic mass is 10.1. The summed E-state index contributed by atoms with van der Waals surface area (Å²) in [5, 5.41) is 24.1. The maximum Gasteiger partial charge on any atom is 0.196 e. The van der Waals surface area contributed by atoms with E-state index in [4.69, 9.17) is 5.73 Å². The number of nitrogen functional groups attached to an aromatic ring is 1. The molecule has 4 rings (SSSR count). The number of nitrogens with zero attached hydrogens (tertiary/aromatic N) is 3. The third-order valence-corrected chi connectivity index (χ3v) is 3.46. The van der Waals surface area contributed by atoms with Crippen molar-refractivity contribution < 1.29 is 5.11 Å². The summed E-state index contributed by atoms with van der Waals surface area (Å²) in [6.07, 6.45) is 1.88. The van der Waals surface area contributed by atoms with Crippen LogP contribution in [0.15, 0.2) is 51.8 Å². The lowest BCUT2D eigenvalue weighted by Crippen LogP contribution is -2.06. The smallest absolute Gasteiger partial charge is 0.196 e. The summed E-state index contributed by atoms with van der Waals surface area (Å²) in [5.41, 5.74) is 8.73. The molecule has 0 unspecified atom stereocenters. The second kappa shape index (κ2) is 4.17. The molecule has 0 radical (unpaired) electrons. The van der Waals surface area contributed by atoms with Gasteiger partial charge in [0.05, 0.1) is 0 Å². The number of rotatable bonds is 1. The summed E-state index contributed by atoms with van der Waals surface area (Å²) in [4.78, 5) is 2.94. The van der Waals surface area contributed by atoms with Gasteiger partial charge >= 0.3 is 0 Å². The predicted octanol–water partition coefficient (Wildman–Crippen LogP) is 1.92. The number of nitrogens with two attached hydrogens (primary N) is 1. The molecule has 0 aliphatic carbocycles. The molecule has 2 heterocycles. The Labute approximate surface area is 118 Å². The van der Waals surface area contributed by atoms with Gasteiger partial charge in [-0.05, 0) is 46.8 Å². The monoisotopic (exact) mass is 277 g/mol. The van der Waals surface area contributed by atoms with Crippen LogP contribution in [0.3, 0.4) is 0 Å². The van der Waals surface area contributed by atoms with Crippen LogP contribution in [0.2, 0.25) is 0 Å². The number of fused-ring (bicyclic) bond motifs is 2. The normalized spacial score (nSPS) is 13.6. The maximum atomic E-state index is 10.1. The molecular formula is C15H11N5O. The molecule has 0 saturated heterocycles. The minimum absolute atomic E-state index is 0.113. The van der Waals surface area contributed by atoms with Gasteiger partial charge < -0.3 is 15.8 Å². The second-order valence-electron chi connectivity index (χ2n) is 4.87. The summed E-state index contributed by atoms with van der Waals surface area (Å²) in [6, 6.07) is 11.1. The molecule has 1 aliphatic heterocycles. The van der Waals surface area contributed by atoms with Crippen LogP contribution in [0.4, 0.5) is 11.4 Å². The van der Waals surface area contributed by atoms with Crippen LogP contribution in [0, 0.1) is 0 Å². The van der Waals surface area contributed by atoms with Gasteiger partial charge in [0.1, 0.15) is 11.0 Å². The Morgan fingerprint density at radius 1 is 1.14 bits per heavy atom. The van der Waals surface area contributed by atoms with Gasteiger partial charge in [-0.3, -0.25) is 0 Å². The fourth-order valence-corrected chi connectivity index (χ4v) is 2.44. The van der Waals surface area contributed by atoms with Crippen LogP contribution in [0.5, 0.6) is 5.88 Å². The molecule has 0 bridgehead atoms. The Morgan fingerprint density at radius 2 is 2.05 bits per heavy atom. The van der Waals surface area contributed by atoms with Gasteiger partial charge in [0.15, 0.2) is 5.88 Å². The lowest BCUT2D eigenvalue weighted by molar-refractivity contribution is 0.457. The van der Waals surface area contributed by atoms with E-state index >= 15 is 0 Å². The molecule has 0 spiro atoms. The molecule has 6 nitrogen and oxygen atoms in total.